The molecule has 0 aliphatic carbocycles. The van der Waals surface area contributed by atoms with Crippen LogP contribution in [0.1, 0.15) is 50.3 Å². The van der Waals surface area contributed by atoms with Crippen LogP contribution in [0.15, 0.2) is 17.3 Å². The van der Waals surface area contributed by atoms with Crippen molar-refractivity contribution < 1.29 is 14.7 Å². The van der Waals surface area contributed by atoms with E-state index in [4.69, 9.17) is 9.47 Å². The summed E-state index contributed by atoms with van der Waals surface area (Å²) in [5.41, 5.74) is 3.55. The predicted molar refractivity (Wildman–Crippen MR) is 99.0 cm³/mol. The first kappa shape index (κ1) is 18.1. The van der Waals surface area contributed by atoms with E-state index in [0.29, 0.717) is 11.8 Å². The van der Waals surface area contributed by atoms with Gasteiger partial charge in [-0.05, 0) is 42.0 Å². The highest BCUT2D eigenvalue weighted by atomic mass is 16.5. The van der Waals surface area contributed by atoms with Gasteiger partial charge in [-0.2, -0.15) is 0 Å². The molecule has 5 heteroatoms. The molecular formula is C20H30N2O3. The van der Waals surface area contributed by atoms with Crippen LogP contribution in [0.25, 0.3) is 0 Å². The largest absolute Gasteiger partial charge is 0.493 e. The fraction of sp³-hybridized carbons (Fsp3) is 0.650. The third kappa shape index (κ3) is 3.61. The fourth-order valence-corrected chi connectivity index (χ4v) is 4.21. The quantitative estimate of drug-likeness (QED) is 0.649. The van der Waals surface area contributed by atoms with Crippen LogP contribution in [0.2, 0.25) is 0 Å². The minimum atomic E-state index is 0.268. The molecule has 138 valence electrons. The average Bonchev–Trinajstić information content (AvgIpc) is 2.63. The Balaban J connectivity index is 1.86. The highest BCUT2D eigenvalue weighted by molar-refractivity contribution is 5.88. The normalized spacial score (nSPS) is 24.9. The van der Waals surface area contributed by atoms with Crippen LogP contribution in [0.5, 0.6) is 11.5 Å². The van der Waals surface area contributed by atoms with Crippen LogP contribution in [0, 0.1) is 11.8 Å². The van der Waals surface area contributed by atoms with Gasteiger partial charge in [0, 0.05) is 31.5 Å². The number of ether oxygens (including phenoxy) is 2. The zero-order valence-electron chi connectivity index (χ0n) is 15.8. The fourth-order valence-electron chi connectivity index (χ4n) is 4.21. The Kier molecular flexibility index (Phi) is 5.52. The summed E-state index contributed by atoms with van der Waals surface area (Å²) in [4.78, 5) is 2.55. The smallest absolute Gasteiger partial charge is 0.161 e. The van der Waals surface area contributed by atoms with Crippen molar-refractivity contribution in [2.45, 2.75) is 45.6 Å². The van der Waals surface area contributed by atoms with Gasteiger partial charge in [0.05, 0.1) is 19.9 Å². The number of piperidine rings is 1. The van der Waals surface area contributed by atoms with E-state index >= 15 is 0 Å². The molecule has 1 saturated heterocycles. The Morgan fingerprint density at radius 2 is 1.96 bits per heavy atom. The standard InChI is InChI=1S/C20H30N2O3/c1-13(2)5-6-15-12-22-8-7-14-9-19(24-3)20(25-4)10-16(14)18(22)11-17(15)21-23/h9-10,13,15,18,23H,5-8,11-12H2,1-4H3. The molecule has 2 aliphatic heterocycles. The van der Waals surface area contributed by atoms with Gasteiger partial charge < -0.3 is 14.7 Å². The molecule has 3 rings (SSSR count). The molecule has 0 saturated carbocycles. The van der Waals surface area contributed by atoms with Gasteiger partial charge in [0.1, 0.15) is 0 Å². The van der Waals surface area contributed by atoms with Gasteiger partial charge in [-0.1, -0.05) is 25.4 Å². The second-order valence-electron chi connectivity index (χ2n) is 7.63. The van der Waals surface area contributed by atoms with Crippen LogP contribution < -0.4 is 9.47 Å². The number of nitrogens with zero attached hydrogens (tertiary/aromatic N) is 2. The average molecular weight is 346 g/mol. The lowest BCUT2D eigenvalue weighted by Crippen LogP contribution is -2.46. The summed E-state index contributed by atoms with van der Waals surface area (Å²) < 4.78 is 10.9. The van der Waals surface area contributed by atoms with Crippen molar-refractivity contribution in [1.29, 1.82) is 0 Å². The molecule has 1 aromatic carbocycles. The van der Waals surface area contributed by atoms with Gasteiger partial charge in [0.2, 0.25) is 0 Å². The molecule has 25 heavy (non-hydrogen) atoms. The van der Waals surface area contributed by atoms with Crippen molar-refractivity contribution in [3.63, 3.8) is 0 Å². The van der Waals surface area contributed by atoms with E-state index in [1.165, 1.54) is 17.5 Å². The highest BCUT2D eigenvalue weighted by Gasteiger charge is 2.37. The number of hydrogen-bond acceptors (Lipinski definition) is 5. The van der Waals surface area contributed by atoms with Crippen LogP contribution in [0.4, 0.5) is 0 Å². The van der Waals surface area contributed by atoms with Gasteiger partial charge in [-0.25, -0.2) is 0 Å². The predicted octanol–water partition coefficient (Wildman–Crippen LogP) is 3.89. The Morgan fingerprint density at radius 1 is 1.24 bits per heavy atom. The molecule has 0 aromatic heterocycles. The number of hydrogen-bond donors (Lipinski definition) is 1. The molecule has 5 nitrogen and oxygen atoms in total. The van der Waals surface area contributed by atoms with Crippen molar-refractivity contribution >= 4 is 5.71 Å². The zero-order valence-corrected chi connectivity index (χ0v) is 15.8. The Morgan fingerprint density at radius 3 is 2.60 bits per heavy atom. The first-order chi connectivity index (χ1) is 12.1. The maximum absolute atomic E-state index is 9.57. The van der Waals surface area contributed by atoms with Gasteiger partial charge >= 0.3 is 0 Å². The highest BCUT2D eigenvalue weighted by Crippen LogP contribution is 2.42. The Hall–Kier alpha value is -1.75. The van der Waals surface area contributed by atoms with Crippen molar-refractivity contribution in [2.75, 3.05) is 27.3 Å². The molecular weight excluding hydrogens is 316 g/mol. The van der Waals surface area contributed by atoms with Gasteiger partial charge in [0.25, 0.3) is 0 Å². The van der Waals surface area contributed by atoms with E-state index < -0.39 is 0 Å². The topological polar surface area (TPSA) is 54.3 Å². The van der Waals surface area contributed by atoms with E-state index in [1.807, 2.05) is 0 Å². The summed E-state index contributed by atoms with van der Waals surface area (Å²) in [5.74, 6) is 2.60. The molecule has 0 amide bonds. The lowest BCUT2D eigenvalue weighted by atomic mass is 9.80. The molecule has 1 N–H and O–H groups in total. The Labute approximate surface area is 150 Å². The molecule has 2 aliphatic rings. The van der Waals surface area contributed by atoms with Crippen LogP contribution in [-0.2, 0) is 6.42 Å². The second kappa shape index (κ2) is 7.65. The maximum atomic E-state index is 9.57. The number of benzene rings is 1. The summed E-state index contributed by atoms with van der Waals surface area (Å²) >= 11 is 0. The van der Waals surface area contributed by atoms with Crippen LogP contribution in [0.3, 0.4) is 0 Å². The molecule has 2 unspecified atom stereocenters. The van der Waals surface area contributed by atoms with Crippen LogP contribution >= 0.6 is 0 Å². The lowest BCUT2D eigenvalue weighted by Gasteiger charge is -2.44. The molecule has 2 heterocycles. The van der Waals surface area contributed by atoms with E-state index in [0.717, 1.165) is 49.6 Å². The summed E-state index contributed by atoms with van der Waals surface area (Å²) in [6, 6.07) is 4.48. The number of methoxy groups -OCH3 is 2. The zero-order chi connectivity index (χ0) is 18.0. The summed E-state index contributed by atoms with van der Waals surface area (Å²) in [5, 5.41) is 13.3. The molecule has 0 spiro atoms. The molecule has 1 fully saturated rings. The lowest BCUT2D eigenvalue weighted by molar-refractivity contribution is 0.145. The molecule has 2 atom stereocenters. The third-order valence-electron chi connectivity index (χ3n) is 5.66. The van der Waals surface area contributed by atoms with Crippen molar-refractivity contribution in [2.24, 2.45) is 17.0 Å². The van der Waals surface area contributed by atoms with E-state index in [1.54, 1.807) is 14.2 Å². The van der Waals surface area contributed by atoms with Gasteiger partial charge in [-0.3, -0.25) is 4.90 Å². The van der Waals surface area contributed by atoms with Crippen molar-refractivity contribution in [3.8, 4) is 11.5 Å². The summed E-state index contributed by atoms with van der Waals surface area (Å²) in [6.45, 7) is 6.52. The molecule has 0 radical (unpaired) electrons. The van der Waals surface area contributed by atoms with E-state index in [2.05, 4.69) is 36.0 Å². The van der Waals surface area contributed by atoms with Crippen molar-refractivity contribution in [1.82, 2.24) is 4.90 Å². The van der Waals surface area contributed by atoms with Crippen molar-refractivity contribution in [3.05, 3.63) is 23.3 Å². The number of rotatable bonds is 5. The minimum Gasteiger partial charge on any atom is -0.493 e. The molecule has 0 bridgehead atoms. The summed E-state index contributed by atoms with van der Waals surface area (Å²) in [7, 11) is 3.35. The first-order valence-electron chi connectivity index (χ1n) is 9.27. The maximum Gasteiger partial charge on any atom is 0.161 e. The van der Waals surface area contributed by atoms with Gasteiger partial charge in [-0.15, -0.1) is 0 Å². The first-order valence-corrected chi connectivity index (χ1v) is 9.27. The van der Waals surface area contributed by atoms with E-state index in [9.17, 15) is 5.21 Å². The van der Waals surface area contributed by atoms with E-state index in [-0.39, 0.29) is 6.04 Å². The number of fused-ring (bicyclic) bond motifs is 3. The van der Waals surface area contributed by atoms with Crippen LogP contribution in [-0.4, -0.2) is 43.1 Å². The monoisotopic (exact) mass is 346 g/mol. The Bertz CT molecular complexity index is 642. The SMILES string of the molecule is COc1cc2c(cc1OC)C1CC(=NO)C(CCC(C)C)CN1CC2. The second-order valence-corrected chi connectivity index (χ2v) is 7.63. The summed E-state index contributed by atoms with van der Waals surface area (Å²) in [6.07, 6.45) is 4.08. The molecule has 1 aromatic rings. The van der Waals surface area contributed by atoms with Gasteiger partial charge in [0.15, 0.2) is 11.5 Å². The minimum absolute atomic E-state index is 0.268. The number of oxime groups is 1. The third-order valence-corrected chi connectivity index (χ3v) is 5.66.